The third kappa shape index (κ3) is 2.93. The highest BCUT2D eigenvalue weighted by Crippen LogP contribution is 2.30. The van der Waals surface area contributed by atoms with Gasteiger partial charge in [0, 0.05) is 10.5 Å². The van der Waals surface area contributed by atoms with Gasteiger partial charge in [0.15, 0.2) is 11.9 Å². The highest BCUT2D eigenvalue weighted by atomic mass is 79.9. The largest absolute Gasteiger partial charge is 0.474 e. The smallest absolute Gasteiger partial charge is 0.312 e. The van der Waals surface area contributed by atoms with Gasteiger partial charge in [-0.1, -0.05) is 15.9 Å². The topological polar surface area (TPSA) is 95.5 Å². The standard InChI is InChI=1S/C9H9BrN2O4/c1-5(9(11)13)16-8-3-2-6(10)4-7(8)12(14)15/h2-5H,1H3,(H2,11,13). The summed E-state index contributed by atoms with van der Waals surface area (Å²) in [7, 11) is 0. The fraction of sp³-hybridized carbons (Fsp3) is 0.222. The van der Waals surface area contributed by atoms with Crippen LogP contribution in [0.4, 0.5) is 5.69 Å². The van der Waals surface area contributed by atoms with Crippen molar-refractivity contribution < 1.29 is 14.5 Å². The Morgan fingerprint density at radius 1 is 1.62 bits per heavy atom. The molecule has 0 radical (unpaired) electrons. The summed E-state index contributed by atoms with van der Waals surface area (Å²) >= 11 is 3.11. The second-order valence-electron chi connectivity index (χ2n) is 3.03. The molecule has 1 unspecified atom stereocenters. The van der Waals surface area contributed by atoms with Gasteiger partial charge in [-0.3, -0.25) is 14.9 Å². The maximum Gasteiger partial charge on any atom is 0.312 e. The van der Waals surface area contributed by atoms with Crippen molar-refractivity contribution in [3.63, 3.8) is 0 Å². The van der Waals surface area contributed by atoms with Gasteiger partial charge in [-0.25, -0.2) is 0 Å². The van der Waals surface area contributed by atoms with Crippen molar-refractivity contribution >= 4 is 27.5 Å². The first-order chi connectivity index (χ1) is 7.41. The van der Waals surface area contributed by atoms with Gasteiger partial charge in [0.2, 0.25) is 0 Å². The van der Waals surface area contributed by atoms with Gasteiger partial charge in [0.1, 0.15) is 0 Å². The first-order valence-corrected chi connectivity index (χ1v) is 5.11. The molecule has 0 aromatic heterocycles. The minimum absolute atomic E-state index is 0.0134. The summed E-state index contributed by atoms with van der Waals surface area (Å²) in [6, 6.07) is 4.28. The molecule has 7 heteroatoms. The zero-order chi connectivity index (χ0) is 12.3. The number of hydrogen-bond acceptors (Lipinski definition) is 4. The molecule has 1 aromatic rings. The molecule has 0 saturated carbocycles. The van der Waals surface area contributed by atoms with Crippen LogP contribution < -0.4 is 10.5 Å². The van der Waals surface area contributed by atoms with E-state index in [-0.39, 0.29) is 11.4 Å². The Kier molecular flexibility index (Phi) is 3.83. The van der Waals surface area contributed by atoms with E-state index >= 15 is 0 Å². The number of halogens is 1. The summed E-state index contributed by atoms with van der Waals surface area (Å²) < 4.78 is 5.64. The van der Waals surface area contributed by atoms with E-state index in [0.717, 1.165) is 0 Å². The van der Waals surface area contributed by atoms with Gasteiger partial charge in [0.05, 0.1) is 4.92 Å². The highest BCUT2D eigenvalue weighted by Gasteiger charge is 2.19. The quantitative estimate of drug-likeness (QED) is 0.672. The second kappa shape index (κ2) is 4.93. The number of nitrogens with two attached hydrogens (primary N) is 1. The van der Waals surface area contributed by atoms with E-state index in [1.165, 1.54) is 19.1 Å². The van der Waals surface area contributed by atoms with E-state index in [0.29, 0.717) is 4.47 Å². The van der Waals surface area contributed by atoms with Crippen LogP contribution in [0.25, 0.3) is 0 Å². The lowest BCUT2D eigenvalue weighted by Gasteiger charge is -2.11. The van der Waals surface area contributed by atoms with Crippen LogP contribution in [-0.4, -0.2) is 16.9 Å². The Morgan fingerprint density at radius 2 is 2.25 bits per heavy atom. The number of ether oxygens (including phenoxy) is 1. The third-order valence-electron chi connectivity index (χ3n) is 1.82. The molecule has 0 aliphatic rings. The Bertz CT molecular complexity index is 436. The van der Waals surface area contributed by atoms with Crippen LogP contribution in [0.3, 0.4) is 0 Å². The van der Waals surface area contributed by atoms with Crippen LogP contribution in [0.15, 0.2) is 22.7 Å². The molecule has 1 rings (SSSR count). The average Bonchev–Trinajstić information content (AvgIpc) is 2.20. The molecule has 16 heavy (non-hydrogen) atoms. The molecule has 0 aliphatic carbocycles. The van der Waals surface area contributed by atoms with E-state index in [9.17, 15) is 14.9 Å². The van der Waals surface area contributed by atoms with E-state index in [1.807, 2.05) is 0 Å². The number of primary amides is 1. The molecule has 6 nitrogen and oxygen atoms in total. The van der Waals surface area contributed by atoms with Crippen LogP contribution in [0, 0.1) is 10.1 Å². The van der Waals surface area contributed by atoms with Crippen molar-refractivity contribution in [2.45, 2.75) is 13.0 Å². The Hall–Kier alpha value is -1.63. The van der Waals surface area contributed by atoms with Crippen LogP contribution in [-0.2, 0) is 4.79 Å². The average molecular weight is 289 g/mol. The molecular formula is C9H9BrN2O4. The van der Waals surface area contributed by atoms with Crippen molar-refractivity contribution in [2.75, 3.05) is 0 Å². The zero-order valence-corrected chi connectivity index (χ0v) is 9.93. The maximum atomic E-state index is 10.8. The molecule has 86 valence electrons. The van der Waals surface area contributed by atoms with Gasteiger partial charge in [-0.2, -0.15) is 0 Å². The lowest BCUT2D eigenvalue weighted by atomic mass is 10.3. The monoisotopic (exact) mass is 288 g/mol. The van der Waals surface area contributed by atoms with Gasteiger partial charge in [-0.15, -0.1) is 0 Å². The second-order valence-corrected chi connectivity index (χ2v) is 3.95. The third-order valence-corrected chi connectivity index (χ3v) is 2.32. The van der Waals surface area contributed by atoms with Crippen LogP contribution in [0.5, 0.6) is 5.75 Å². The predicted octanol–water partition coefficient (Wildman–Crippen LogP) is 1.61. The Labute approximate surface area is 99.7 Å². The van der Waals surface area contributed by atoms with Crippen LogP contribution >= 0.6 is 15.9 Å². The summed E-state index contributed by atoms with van der Waals surface area (Å²) in [6.07, 6.45) is -0.917. The van der Waals surface area contributed by atoms with E-state index in [1.54, 1.807) is 6.07 Å². The number of nitro benzene ring substituents is 1. The predicted molar refractivity (Wildman–Crippen MR) is 60.1 cm³/mol. The molecule has 0 spiro atoms. The molecular weight excluding hydrogens is 280 g/mol. The first kappa shape index (κ1) is 12.4. The Balaban J connectivity index is 3.04. The van der Waals surface area contributed by atoms with Crippen molar-refractivity contribution in [3.05, 3.63) is 32.8 Å². The number of rotatable bonds is 4. The van der Waals surface area contributed by atoms with Crippen molar-refractivity contribution in [3.8, 4) is 5.75 Å². The molecule has 0 fully saturated rings. The normalized spacial score (nSPS) is 11.9. The molecule has 0 bridgehead atoms. The van der Waals surface area contributed by atoms with Crippen molar-refractivity contribution in [1.29, 1.82) is 0 Å². The molecule has 0 heterocycles. The molecule has 0 aliphatic heterocycles. The summed E-state index contributed by atoms with van der Waals surface area (Å²) in [5.74, 6) is -0.670. The number of nitrogens with zero attached hydrogens (tertiary/aromatic N) is 1. The Morgan fingerprint density at radius 3 is 2.75 bits per heavy atom. The molecule has 2 N–H and O–H groups in total. The fourth-order valence-electron chi connectivity index (χ4n) is 0.981. The van der Waals surface area contributed by atoms with Crippen molar-refractivity contribution in [1.82, 2.24) is 0 Å². The van der Waals surface area contributed by atoms with Crippen LogP contribution in [0.2, 0.25) is 0 Å². The molecule has 1 atom stereocenters. The molecule has 1 aromatic carbocycles. The summed E-state index contributed by atoms with van der Waals surface area (Å²) in [6.45, 7) is 1.42. The van der Waals surface area contributed by atoms with Gasteiger partial charge >= 0.3 is 5.69 Å². The summed E-state index contributed by atoms with van der Waals surface area (Å²) in [4.78, 5) is 20.9. The molecule has 1 amide bonds. The van der Waals surface area contributed by atoms with Gasteiger partial charge < -0.3 is 10.5 Å². The number of carbonyl (C=O) groups excluding carboxylic acids is 1. The first-order valence-electron chi connectivity index (χ1n) is 4.31. The summed E-state index contributed by atoms with van der Waals surface area (Å²) in [5.41, 5.74) is 4.78. The number of hydrogen-bond donors (Lipinski definition) is 1. The lowest BCUT2D eigenvalue weighted by Crippen LogP contribution is -2.30. The SMILES string of the molecule is CC(Oc1ccc(Br)cc1[N+](=O)[O-])C(N)=O. The fourth-order valence-corrected chi connectivity index (χ4v) is 1.33. The van der Waals surface area contributed by atoms with Crippen LogP contribution in [0.1, 0.15) is 6.92 Å². The maximum absolute atomic E-state index is 10.8. The van der Waals surface area contributed by atoms with Gasteiger partial charge in [0.25, 0.3) is 5.91 Å². The number of carbonyl (C=O) groups is 1. The van der Waals surface area contributed by atoms with Crippen molar-refractivity contribution in [2.24, 2.45) is 5.73 Å². The zero-order valence-electron chi connectivity index (χ0n) is 8.34. The molecule has 0 saturated heterocycles. The number of nitro groups is 1. The highest BCUT2D eigenvalue weighted by molar-refractivity contribution is 9.10. The van der Waals surface area contributed by atoms with E-state index < -0.39 is 16.9 Å². The lowest BCUT2D eigenvalue weighted by molar-refractivity contribution is -0.386. The number of benzene rings is 1. The van der Waals surface area contributed by atoms with E-state index in [4.69, 9.17) is 10.5 Å². The minimum atomic E-state index is -0.917. The van der Waals surface area contributed by atoms with Gasteiger partial charge in [-0.05, 0) is 19.1 Å². The summed E-state index contributed by atoms with van der Waals surface area (Å²) in [5, 5.41) is 10.7. The number of amides is 1. The van der Waals surface area contributed by atoms with E-state index in [2.05, 4.69) is 15.9 Å². The minimum Gasteiger partial charge on any atom is -0.474 e.